The molecular formula is C21H19FN4. The third kappa shape index (κ3) is 2.71. The number of hydrogen-bond donors (Lipinski definition) is 1. The lowest BCUT2D eigenvalue weighted by Gasteiger charge is -2.04. The number of nitrogens with zero attached hydrogens (tertiary/aromatic N) is 3. The van der Waals surface area contributed by atoms with Gasteiger partial charge in [-0.15, -0.1) is 0 Å². The number of nitrogens with one attached hydrogen (secondary N) is 1. The van der Waals surface area contributed by atoms with Gasteiger partial charge in [0.05, 0.1) is 28.3 Å². The molecule has 0 atom stereocenters. The smallest absolute Gasteiger partial charge is 0.142 e. The van der Waals surface area contributed by atoms with Gasteiger partial charge in [0.15, 0.2) is 0 Å². The predicted molar refractivity (Wildman–Crippen MR) is 101 cm³/mol. The zero-order valence-corrected chi connectivity index (χ0v) is 14.9. The maximum atomic E-state index is 13.2. The molecule has 0 radical (unpaired) electrons. The second-order valence-electron chi connectivity index (χ2n) is 6.36. The molecule has 0 saturated carbocycles. The van der Waals surface area contributed by atoms with Crippen LogP contribution in [-0.2, 0) is 0 Å². The lowest BCUT2D eigenvalue weighted by molar-refractivity contribution is 0.627. The second kappa shape index (κ2) is 6.26. The Morgan fingerprint density at radius 1 is 0.923 bits per heavy atom. The number of halogens is 1. The fraction of sp³-hybridized carbons (Fsp3) is 0.143. The molecule has 2 aromatic heterocycles. The van der Waals surface area contributed by atoms with Crippen LogP contribution in [0.3, 0.4) is 0 Å². The highest BCUT2D eigenvalue weighted by atomic mass is 19.1. The van der Waals surface area contributed by atoms with Crippen molar-refractivity contribution in [2.45, 2.75) is 20.8 Å². The van der Waals surface area contributed by atoms with Gasteiger partial charge in [-0.25, -0.2) is 14.1 Å². The van der Waals surface area contributed by atoms with Gasteiger partial charge < -0.3 is 4.98 Å². The number of rotatable bonds is 3. The third-order valence-electron chi connectivity index (χ3n) is 4.53. The summed E-state index contributed by atoms with van der Waals surface area (Å²) in [6.45, 7) is 5.98. The van der Waals surface area contributed by atoms with E-state index in [0.717, 1.165) is 45.4 Å². The van der Waals surface area contributed by atoms with Crippen LogP contribution in [0.5, 0.6) is 0 Å². The molecule has 5 heteroatoms. The third-order valence-corrected chi connectivity index (χ3v) is 4.53. The van der Waals surface area contributed by atoms with Gasteiger partial charge in [-0.3, -0.25) is 0 Å². The Kier molecular flexibility index (Phi) is 3.92. The van der Waals surface area contributed by atoms with Gasteiger partial charge in [0.25, 0.3) is 0 Å². The molecule has 0 saturated heterocycles. The summed E-state index contributed by atoms with van der Waals surface area (Å²) in [5, 5.41) is 4.63. The number of H-pyrrole nitrogens is 1. The average Bonchev–Trinajstić information content (AvgIpc) is 3.16. The molecule has 0 spiro atoms. The van der Waals surface area contributed by atoms with Crippen LogP contribution >= 0.6 is 0 Å². The highest BCUT2D eigenvalue weighted by Crippen LogP contribution is 2.30. The van der Waals surface area contributed by atoms with Crippen molar-refractivity contribution in [2.75, 3.05) is 0 Å². The minimum absolute atomic E-state index is 0.260. The van der Waals surface area contributed by atoms with Gasteiger partial charge in [0.2, 0.25) is 0 Å². The first-order valence-corrected chi connectivity index (χ1v) is 8.49. The van der Waals surface area contributed by atoms with Crippen molar-refractivity contribution in [3.05, 3.63) is 77.5 Å². The Morgan fingerprint density at radius 3 is 2.31 bits per heavy atom. The summed E-state index contributed by atoms with van der Waals surface area (Å²) in [7, 11) is 0. The number of aromatic amines is 1. The lowest BCUT2D eigenvalue weighted by Crippen LogP contribution is -1.99. The highest BCUT2D eigenvalue weighted by Gasteiger charge is 2.19. The van der Waals surface area contributed by atoms with Crippen molar-refractivity contribution in [2.24, 2.45) is 0 Å². The molecule has 0 bridgehead atoms. The molecule has 0 amide bonds. The first-order chi connectivity index (χ1) is 12.5. The summed E-state index contributed by atoms with van der Waals surface area (Å²) < 4.78 is 15.0. The fourth-order valence-electron chi connectivity index (χ4n) is 3.27. The zero-order chi connectivity index (χ0) is 18.3. The van der Waals surface area contributed by atoms with E-state index in [1.54, 1.807) is 12.1 Å². The van der Waals surface area contributed by atoms with E-state index in [0.29, 0.717) is 0 Å². The van der Waals surface area contributed by atoms with Crippen LogP contribution in [0.1, 0.15) is 17.1 Å². The van der Waals surface area contributed by atoms with Crippen LogP contribution in [-0.4, -0.2) is 19.7 Å². The number of aromatic nitrogens is 4. The molecule has 2 heterocycles. The maximum absolute atomic E-state index is 13.2. The van der Waals surface area contributed by atoms with E-state index in [2.05, 4.69) is 22.2 Å². The van der Waals surface area contributed by atoms with Crippen molar-refractivity contribution < 1.29 is 4.39 Å². The summed E-state index contributed by atoms with van der Waals surface area (Å²) in [5.41, 5.74) is 6.66. The van der Waals surface area contributed by atoms with Gasteiger partial charge >= 0.3 is 0 Å². The van der Waals surface area contributed by atoms with Crippen LogP contribution < -0.4 is 0 Å². The molecule has 2 aromatic carbocycles. The largest absolute Gasteiger partial charge is 0.341 e. The zero-order valence-electron chi connectivity index (χ0n) is 14.9. The van der Waals surface area contributed by atoms with Crippen LogP contribution in [0.15, 0.2) is 54.6 Å². The molecule has 0 aliphatic heterocycles. The molecule has 26 heavy (non-hydrogen) atoms. The molecule has 0 aliphatic carbocycles. The fourth-order valence-corrected chi connectivity index (χ4v) is 3.27. The summed E-state index contributed by atoms with van der Waals surface area (Å²) in [4.78, 5) is 8.21. The van der Waals surface area contributed by atoms with Crippen molar-refractivity contribution >= 4 is 0 Å². The van der Waals surface area contributed by atoms with Crippen molar-refractivity contribution in [1.29, 1.82) is 0 Å². The monoisotopic (exact) mass is 346 g/mol. The van der Waals surface area contributed by atoms with Gasteiger partial charge in [-0.1, -0.05) is 30.3 Å². The first-order valence-electron chi connectivity index (χ1n) is 8.49. The van der Waals surface area contributed by atoms with Crippen LogP contribution in [0.25, 0.3) is 28.3 Å². The molecule has 1 N–H and O–H groups in total. The quantitative estimate of drug-likeness (QED) is 0.568. The van der Waals surface area contributed by atoms with E-state index in [1.165, 1.54) is 12.1 Å². The minimum atomic E-state index is -0.260. The molecule has 4 aromatic rings. The Hall–Kier alpha value is -3.21. The van der Waals surface area contributed by atoms with Crippen LogP contribution in [0.4, 0.5) is 4.39 Å². The topological polar surface area (TPSA) is 46.5 Å². The van der Waals surface area contributed by atoms with Crippen molar-refractivity contribution in [1.82, 2.24) is 19.7 Å². The van der Waals surface area contributed by atoms with E-state index in [4.69, 9.17) is 4.98 Å². The summed E-state index contributed by atoms with van der Waals surface area (Å²) in [6, 6.07) is 16.4. The Morgan fingerprint density at radius 2 is 1.62 bits per heavy atom. The summed E-state index contributed by atoms with van der Waals surface area (Å²) >= 11 is 0. The van der Waals surface area contributed by atoms with Gasteiger partial charge in [0.1, 0.15) is 11.6 Å². The number of benzene rings is 2. The standard InChI is InChI=1S/C21H19FN4/c1-13-19(15(3)26(25-13)18-11-9-17(22)10-12-18)21-23-14(2)20(24-21)16-7-5-4-6-8-16/h4-12H,1-3H3,(H,23,24). The van der Waals surface area contributed by atoms with E-state index in [-0.39, 0.29) is 5.82 Å². The second-order valence-corrected chi connectivity index (χ2v) is 6.36. The van der Waals surface area contributed by atoms with E-state index >= 15 is 0 Å². The highest BCUT2D eigenvalue weighted by molar-refractivity contribution is 5.70. The molecular weight excluding hydrogens is 327 g/mol. The van der Waals surface area contributed by atoms with E-state index < -0.39 is 0 Å². The van der Waals surface area contributed by atoms with Crippen LogP contribution in [0.2, 0.25) is 0 Å². The average molecular weight is 346 g/mol. The molecule has 130 valence electrons. The first kappa shape index (κ1) is 16.3. The van der Waals surface area contributed by atoms with Crippen molar-refractivity contribution in [3.63, 3.8) is 0 Å². The molecule has 0 unspecified atom stereocenters. The Labute approximate surface area is 151 Å². The molecule has 0 fully saturated rings. The lowest BCUT2D eigenvalue weighted by atomic mass is 10.1. The number of imidazole rings is 1. The van der Waals surface area contributed by atoms with E-state index in [9.17, 15) is 4.39 Å². The Bertz CT molecular complexity index is 1060. The SMILES string of the molecule is Cc1nn(-c2ccc(F)cc2)c(C)c1-c1nc(-c2ccccc2)c(C)[nH]1. The van der Waals surface area contributed by atoms with Crippen molar-refractivity contribution in [3.8, 4) is 28.3 Å². The molecule has 0 aliphatic rings. The number of aryl methyl sites for hydroxylation is 2. The Balaban J connectivity index is 1.81. The molecule has 4 nitrogen and oxygen atoms in total. The number of hydrogen-bond acceptors (Lipinski definition) is 2. The normalized spacial score (nSPS) is 11.1. The van der Waals surface area contributed by atoms with Gasteiger partial charge in [-0.05, 0) is 45.0 Å². The predicted octanol–water partition coefficient (Wildman–Crippen LogP) is 4.99. The van der Waals surface area contributed by atoms with E-state index in [1.807, 2.05) is 43.7 Å². The minimum Gasteiger partial charge on any atom is -0.341 e. The summed E-state index contributed by atoms with van der Waals surface area (Å²) in [5.74, 6) is 0.536. The molecule has 4 rings (SSSR count). The summed E-state index contributed by atoms with van der Waals surface area (Å²) in [6.07, 6.45) is 0. The maximum Gasteiger partial charge on any atom is 0.142 e. The van der Waals surface area contributed by atoms with Gasteiger partial charge in [0, 0.05) is 11.3 Å². The van der Waals surface area contributed by atoms with Crippen LogP contribution in [0, 0.1) is 26.6 Å². The van der Waals surface area contributed by atoms with Gasteiger partial charge in [-0.2, -0.15) is 5.10 Å².